The molecule has 1 unspecified atom stereocenters. The minimum atomic E-state index is -3.36. The van der Waals surface area contributed by atoms with E-state index in [1.165, 1.54) is 12.5 Å². The second-order valence-electron chi connectivity index (χ2n) is 6.28. The summed E-state index contributed by atoms with van der Waals surface area (Å²) in [5.74, 6) is -0.319. The summed E-state index contributed by atoms with van der Waals surface area (Å²) in [6.07, 6.45) is 4.01. The van der Waals surface area contributed by atoms with Crippen molar-refractivity contribution in [1.82, 2.24) is 15.1 Å². The molecule has 8 heteroatoms. The van der Waals surface area contributed by atoms with Gasteiger partial charge in [0.1, 0.15) is 10.9 Å². The molecular formula is C15H23N3O4S. The van der Waals surface area contributed by atoms with Crippen LogP contribution in [0.5, 0.6) is 0 Å². The molecule has 1 spiro atoms. The van der Waals surface area contributed by atoms with Crippen molar-refractivity contribution in [2.45, 2.75) is 44.0 Å². The molecule has 1 amide bonds. The van der Waals surface area contributed by atoms with Gasteiger partial charge >= 0.3 is 0 Å². The lowest BCUT2D eigenvalue weighted by Gasteiger charge is -2.43. The van der Waals surface area contributed by atoms with E-state index in [1.54, 1.807) is 11.8 Å². The number of carbonyl (C=O) groups is 1. The summed E-state index contributed by atoms with van der Waals surface area (Å²) >= 11 is 0. The van der Waals surface area contributed by atoms with Crippen LogP contribution in [0, 0.1) is 0 Å². The van der Waals surface area contributed by atoms with Crippen molar-refractivity contribution < 1.29 is 17.9 Å². The van der Waals surface area contributed by atoms with Crippen LogP contribution in [-0.2, 0) is 31.4 Å². The van der Waals surface area contributed by atoms with E-state index in [2.05, 4.69) is 10.2 Å². The highest BCUT2D eigenvalue weighted by atomic mass is 32.2. The molecule has 2 aliphatic rings. The molecule has 3 heterocycles. The highest BCUT2D eigenvalue weighted by Crippen LogP contribution is 2.40. The second kappa shape index (κ2) is 5.90. The van der Waals surface area contributed by atoms with Crippen LogP contribution in [0.1, 0.15) is 37.9 Å². The Kier molecular flexibility index (Phi) is 4.22. The number of fused-ring (bicyclic) bond motifs is 2. The smallest absolute Gasteiger partial charge is 0.240 e. The van der Waals surface area contributed by atoms with Gasteiger partial charge in [0.05, 0.1) is 18.5 Å². The zero-order valence-electron chi connectivity index (χ0n) is 13.5. The van der Waals surface area contributed by atoms with E-state index < -0.39 is 20.7 Å². The molecule has 3 rings (SSSR count). The van der Waals surface area contributed by atoms with Gasteiger partial charge in [-0.15, -0.1) is 0 Å². The summed E-state index contributed by atoms with van der Waals surface area (Å²) in [4.78, 5) is 14.1. The van der Waals surface area contributed by atoms with Crippen molar-refractivity contribution in [3.63, 3.8) is 0 Å². The Morgan fingerprint density at radius 3 is 2.83 bits per heavy atom. The summed E-state index contributed by atoms with van der Waals surface area (Å²) in [5.41, 5.74) is 1.79. The minimum absolute atomic E-state index is 0.0156. The number of aromatic nitrogens is 2. The Hall–Kier alpha value is -1.41. The molecule has 0 aromatic carbocycles. The summed E-state index contributed by atoms with van der Waals surface area (Å²) in [5, 5.41) is 6.18. The molecule has 23 heavy (non-hydrogen) atoms. The summed E-state index contributed by atoms with van der Waals surface area (Å²) < 4.78 is 29.9. The third-order valence-electron chi connectivity index (χ3n) is 5.09. The van der Waals surface area contributed by atoms with Crippen molar-refractivity contribution in [3.8, 4) is 0 Å². The topological polar surface area (TPSA) is 92.4 Å². The lowest BCUT2D eigenvalue weighted by Crippen LogP contribution is -2.51. The van der Waals surface area contributed by atoms with E-state index in [1.807, 2.05) is 6.20 Å². The van der Waals surface area contributed by atoms with E-state index in [0.29, 0.717) is 32.5 Å². The first kappa shape index (κ1) is 16.4. The molecule has 128 valence electrons. The fraction of sp³-hybridized carbons (Fsp3) is 0.733. The zero-order valence-corrected chi connectivity index (χ0v) is 14.4. The predicted molar refractivity (Wildman–Crippen MR) is 84.7 cm³/mol. The molecule has 0 radical (unpaired) electrons. The lowest BCUT2D eigenvalue weighted by molar-refractivity contribution is -0.140. The van der Waals surface area contributed by atoms with E-state index in [9.17, 15) is 13.2 Å². The van der Waals surface area contributed by atoms with Gasteiger partial charge in [-0.2, -0.15) is 5.10 Å². The van der Waals surface area contributed by atoms with Gasteiger partial charge in [-0.05, 0) is 31.7 Å². The van der Waals surface area contributed by atoms with Crippen molar-refractivity contribution in [2.24, 2.45) is 0 Å². The quantitative estimate of drug-likeness (QED) is 0.870. The molecule has 1 saturated heterocycles. The number of carbonyl (C=O) groups excluding carboxylic acids is 1. The first-order valence-corrected chi connectivity index (χ1v) is 9.78. The van der Waals surface area contributed by atoms with Crippen molar-refractivity contribution >= 4 is 15.7 Å². The molecule has 1 atom stereocenters. The Morgan fingerprint density at radius 1 is 1.48 bits per heavy atom. The number of piperidine rings is 1. The number of nitrogens with one attached hydrogen (secondary N) is 1. The first-order chi connectivity index (χ1) is 10.9. The molecule has 1 fully saturated rings. The predicted octanol–water partition coefficient (Wildman–Crippen LogP) is 0.623. The van der Waals surface area contributed by atoms with Crippen molar-refractivity contribution in [2.75, 3.05) is 25.4 Å². The van der Waals surface area contributed by atoms with Crippen LogP contribution >= 0.6 is 0 Å². The summed E-state index contributed by atoms with van der Waals surface area (Å²) in [6, 6.07) is 0. The molecule has 0 saturated carbocycles. The second-order valence-corrected chi connectivity index (χ2v) is 8.89. The molecule has 1 aromatic rings. The number of likely N-dealkylation sites (tertiary alicyclic amines) is 1. The number of hydrogen-bond donors (Lipinski definition) is 1. The van der Waals surface area contributed by atoms with Crippen LogP contribution in [0.25, 0.3) is 0 Å². The maximum atomic E-state index is 12.5. The van der Waals surface area contributed by atoms with E-state index in [-0.39, 0.29) is 11.7 Å². The molecular weight excluding hydrogens is 318 g/mol. The normalized spacial score (nSPS) is 21.9. The Morgan fingerprint density at radius 2 is 2.17 bits per heavy atom. The van der Waals surface area contributed by atoms with Crippen molar-refractivity contribution in [1.29, 1.82) is 0 Å². The number of rotatable bonds is 3. The maximum Gasteiger partial charge on any atom is 0.240 e. The van der Waals surface area contributed by atoms with Gasteiger partial charge in [0.2, 0.25) is 5.91 Å². The minimum Gasteiger partial charge on any atom is -0.368 e. The van der Waals surface area contributed by atoms with Gasteiger partial charge in [0.25, 0.3) is 0 Å². The van der Waals surface area contributed by atoms with Crippen LogP contribution < -0.4 is 0 Å². The standard InChI is InChI=1S/C15H23N3O4S/c1-3-23(20,21)11(2)14(19)18-7-5-15(6-8-18)13-12(4-9-22-15)10-16-17-13/h10-11H,3-9H2,1-2H3,(H,16,17). The van der Waals surface area contributed by atoms with Crippen LogP contribution in [0.3, 0.4) is 0 Å². The van der Waals surface area contributed by atoms with Gasteiger partial charge in [0.15, 0.2) is 9.84 Å². The SMILES string of the molecule is CCS(=O)(=O)C(C)C(=O)N1CCC2(CC1)OCCc1cn[nH]c12. The van der Waals surface area contributed by atoms with Crippen molar-refractivity contribution in [3.05, 3.63) is 17.5 Å². The Bertz CT molecular complexity index is 689. The van der Waals surface area contributed by atoms with Gasteiger partial charge < -0.3 is 9.64 Å². The van der Waals surface area contributed by atoms with Gasteiger partial charge in [-0.25, -0.2) is 8.42 Å². The third-order valence-corrected chi connectivity index (χ3v) is 7.18. The molecule has 1 N–H and O–H groups in total. The highest BCUT2D eigenvalue weighted by Gasteiger charge is 2.44. The average molecular weight is 341 g/mol. The number of ether oxygens (including phenoxy) is 1. The fourth-order valence-electron chi connectivity index (χ4n) is 3.47. The third kappa shape index (κ3) is 2.78. The number of hydrogen-bond acceptors (Lipinski definition) is 5. The molecule has 0 aliphatic carbocycles. The maximum absolute atomic E-state index is 12.5. The lowest BCUT2D eigenvalue weighted by atomic mass is 9.83. The molecule has 7 nitrogen and oxygen atoms in total. The Balaban J connectivity index is 1.72. The number of aromatic amines is 1. The average Bonchev–Trinajstić information content (AvgIpc) is 3.04. The van der Waals surface area contributed by atoms with Crippen LogP contribution in [0.4, 0.5) is 0 Å². The fourth-order valence-corrected chi connectivity index (χ4v) is 4.42. The van der Waals surface area contributed by atoms with Gasteiger partial charge in [-0.1, -0.05) is 6.92 Å². The van der Waals surface area contributed by atoms with Crippen LogP contribution in [0.2, 0.25) is 0 Å². The van der Waals surface area contributed by atoms with E-state index in [0.717, 1.165) is 12.1 Å². The van der Waals surface area contributed by atoms with Gasteiger partial charge in [-0.3, -0.25) is 9.89 Å². The highest BCUT2D eigenvalue weighted by molar-refractivity contribution is 7.92. The number of H-pyrrole nitrogens is 1. The molecule has 0 bridgehead atoms. The Labute approximate surface area is 136 Å². The summed E-state index contributed by atoms with van der Waals surface area (Å²) in [7, 11) is -3.36. The number of sulfone groups is 1. The summed E-state index contributed by atoms with van der Waals surface area (Å²) in [6.45, 7) is 4.71. The van der Waals surface area contributed by atoms with E-state index in [4.69, 9.17) is 4.74 Å². The first-order valence-electron chi connectivity index (χ1n) is 8.06. The molecule has 2 aliphatic heterocycles. The van der Waals surface area contributed by atoms with Gasteiger partial charge in [0, 0.05) is 18.8 Å². The number of nitrogens with zero attached hydrogens (tertiary/aromatic N) is 2. The zero-order chi connectivity index (χ0) is 16.7. The molecule has 1 aromatic heterocycles. The number of amides is 1. The largest absolute Gasteiger partial charge is 0.368 e. The monoisotopic (exact) mass is 341 g/mol. The van der Waals surface area contributed by atoms with Crippen LogP contribution in [0.15, 0.2) is 6.20 Å². The van der Waals surface area contributed by atoms with E-state index >= 15 is 0 Å². The van der Waals surface area contributed by atoms with Crippen LogP contribution in [-0.4, -0.2) is 60.1 Å².